The van der Waals surface area contributed by atoms with Crippen molar-refractivity contribution in [2.75, 3.05) is 0 Å². The Balaban J connectivity index is 2.23. The van der Waals surface area contributed by atoms with Crippen LogP contribution in [0, 0.1) is 5.82 Å². The quantitative estimate of drug-likeness (QED) is 0.353. The van der Waals surface area contributed by atoms with Gasteiger partial charge >= 0.3 is 0 Å². The van der Waals surface area contributed by atoms with Crippen molar-refractivity contribution >= 4 is 69.6 Å². The van der Waals surface area contributed by atoms with Gasteiger partial charge in [-0.1, -0.05) is 69.6 Å². The molecule has 0 atom stereocenters. The molecule has 25 heavy (non-hydrogen) atoms. The van der Waals surface area contributed by atoms with Crippen LogP contribution in [0.25, 0.3) is 22.3 Å². The van der Waals surface area contributed by atoms with Crippen molar-refractivity contribution in [1.29, 1.82) is 0 Å². The molecule has 0 saturated carbocycles. The van der Waals surface area contributed by atoms with Crippen LogP contribution in [0.2, 0.25) is 30.1 Å². The maximum Gasteiger partial charge on any atom is 0.142 e. The van der Waals surface area contributed by atoms with Gasteiger partial charge in [0.15, 0.2) is 0 Å². The summed E-state index contributed by atoms with van der Waals surface area (Å²) >= 11 is 36.3. The lowest BCUT2D eigenvalue weighted by atomic mass is 10.0. The third-order valence-electron chi connectivity index (χ3n) is 3.48. The van der Waals surface area contributed by atoms with Crippen LogP contribution in [0.1, 0.15) is 0 Å². The van der Waals surface area contributed by atoms with E-state index in [1.54, 1.807) is 0 Å². The summed E-state index contributed by atoms with van der Waals surface area (Å²) in [6.45, 7) is 0. The normalized spacial score (nSPS) is 11.0. The van der Waals surface area contributed by atoms with Crippen LogP contribution in [-0.2, 0) is 0 Å². The molecule has 8 heteroatoms. The van der Waals surface area contributed by atoms with Crippen LogP contribution in [0.5, 0.6) is 0 Å². The van der Waals surface area contributed by atoms with Gasteiger partial charge in [-0.05, 0) is 24.3 Å². The second-order valence-electron chi connectivity index (χ2n) is 5.04. The zero-order valence-electron chi connectivity index (χ0n) is 12.1. The summed E-state index contributed by atoms with van der Waals surface area (Å²) in [5, 5.41) is 1.52. The molecule has 0 amide bonds. The van der Waals surface area contributed by atoms with Crippen LogP contribution < -0.4 is 0 Å². The Morgan fingerprint density at radius 1 is 0.520 bits per heavy atom. The molecule has 0 fully saturated rings. The fourth-order valence-corrected chi connectivity index (χ4v) is 3.58. The summed E-state index contributed by atoms with van der Waals surface area (Å²) in [4.78, 5) is 4.08. The lowest BCUT2D eigenvalue weighted by molar-refractivity contribution is 0.633. The average Bonchev–Trinajstić information content (AvgIpc) is 2.55. The maximum absolute atomic E-state index is 15.2. The average molecular weight is 456 g/mol. The standard InChI is InChI=1S/C17H6Cl6FN/c18-11-3-15(22)13(20)1-7(11)9-5-25-6-10(17(9)24)8-2-14(21)16(23)4-12(8)19/h1-6H. The number of nitrogens with zero attached hydrogens (tertiary/aromatic N) is 1. The van der Waals surface area contributed by atoms with Crippen molar-refractivity contribution < 1.29 is 4.39 Å². The van der Waals surface area contributed by atoms with E-state index in [1.165, 1.54) is 36.7 Å². The number of hydrogen-bond acceptors (Lipinski definition) is 1. The third-order valence-corrected chi connectivity index (χ3v) is 5.55. The van der Waals surface area contributed by atoms with Gasteiger partial charge in [-0.25, -0.2) is 4.39 Å². The molecule has 0 aliphatic heterocycles. The molecule has 0 N–H and O–H groups in total. The van der Waals surface area contributed by atoms with Gasteiger partial charge in [0.05, 0.1) is 30.1 Å². The molecule has 3 rings (SSSR count). The van der Waals surface area contributed by atoms with E-state index >= 15 is 4.39 Å². The Morgan fingerprint density at radius 2 is 0.880 bits per heavy atom. The summed E-state index contributed by atoms with van der Waals surface area (Å²) < 4.78 is 15.2. The van der Waals surface area contributed by atoms with Gasteiger partial charge in [-0.3, -0.25) is 4.98 Å². The molecule has 1 heterocycles. The van der Waals surface area contributed by atoms with Gasteiger partial charge in [0.2, 0.25) is 0 Å². The zero-order valence-corrected chi connectivity index (χ0v) is 16.6. The third kappa shape index (κ3) is 3.71. The summed E-state index contributed by atoms with van der Waals surface area (Å²) in [5.74, 6) is -0.574. The summed E-state index contributed by atoms with van der Waals surface area (Å²) in [6, 6.07) is 5.84. The first-order valence-corrected chi connectivity index (χ1v) is 8.99. The van der Waals surface area contributed by atoms with E-state index in [0.29, 0.717) is 11.1 Å². The Labute approximate surface area is 173 Å². The highest BCUT2D eigenvalue weighted by atomic mass is 35.5. The second-order valence-corrected chi connectivity index (χ2v) is 7.48. The Morgan fingerprint density at radius 3 is 1.28 bits per heavy atom. The van der Waals surface area contributed by atoms with Crippen LogP contribution in [0.4, 0.5) is 4.39 Å². The predicted octanol–water partition coefficient (Wildman–Crippen LogP) is 8.48. The molecule has 128 valence electrons. The Hall–Kier alpha value is -0.740. The fraction of sp³-hybridized carbons (Fsp3) is 0. The SMILES string of the molecule is Fc1c(-c2cc(Cl)c(Cl)cc2Cl)cncc1-c1cc(Cl)c(Cl)cc1Cl. The van der Waals surface area contributed by atoms with Crippen LogP contribution in [0.15, 0.2) is 36.7 Å². The minimum absolute atomic E-state index is 0.156. The van der Waals surface area contributed by atoms with Crippen LogP contribution in [-0.4, -0.2) is 4.98 Å². The highest BCUT2D eigenvalue weighted by molar-refractivity contribution is 6.44. The largest absolute Gasteiger partial charge is 0.263 e. The minimum atomic E-state index is -0.574. The van der Waals surface area contributed by atoms with E-state index in [0.717, 1.165) is 0 Å². The van der Waals surface area contributed by atoms with Gasteiger partial charge in [-0.15, -0.1) is 0 Å². The molecule has 0 unspecified atom stereocenters. The molecule has 0 aliphatic rings. The van der Waals surface area contributed by atoms with E-state index in [4.69, 9.17) is 69.6 Å². The number of hydrogen-bond donors (Lipinski definition) is 0. The number of benzene rings is 2. The van der Waals surface area contributed by atoms with E-state index in [1.807, 2.05) is 0 Å². The molecule has 0 aliphatic carbocycles. The number of aromatic nitrogens is 1. The highest BCUT2D eigenvalue weighted by Crippen LogP contribution is 2.41. The molecule has 0 saturated heterocycles. The summed E-state index contributed by atoms with van der Waals surface area (Å²) in [5.41, 5.74) is 1.03. The molecule has 1 nitrogen and oxygen atoms in total. The minimum Gasteiger partial charge on any atom is -0.263 e. The predicted molar refractivity (Wildman–Crippen MR) is 105 cm³/mol. The molecule has 3 aromatic rings. The van der Waals surface area contributed by atoms with E-state index < -0.39 is 5.82 Å². The van der Waals surface area contributed by atoms with Gasteiger partial charge in [0.1, 0.15) is 5.82 Å². The van der Waals surface area contributed by atoms with Crippen molar-refractivity contribution in [1.82, 2.24) is 4.98 Å². The first-order valence-electron chi connectivity index (χ1n) is 6.73. The zero-order chi connectivity index (χ0) is 18.3. The van der Waals surface area contributed by atoms with Crippen molar-refractivity contribution in [2.45, 2.75) is 0 Å². The van der Waals surface area contributed by atoms with Gasteiger partial charge < -0.3 is 0 Å². The van der Waals surface area contributed by atoms with Crippen molar-refractivity contribution in [2.24, 2.45) is 0 Å². The smallest absolute Gasteiger partial charge is 0.142 e. The van der Waals surface area contributed by atoms with Crippen molar-refractivity contribution in [3.8, 4) is 22.3 Å². The van der Waals surface area contributed by atoms with Crippen molar-refractivity contribution in [3.05, 3.63) is 72.6 Å². The molecule has 2 aromatic carbocycles. The molecular formula is C17H6Cl6FN. The Kier molecular flexibility index (Phi) is 5.69. The van der Waals surface area contributed by atoms with Crippen molar-refractivity contribution in [3.63, 3.8) is 0 Å². The lowest BCUT2D eigenvalue weighted by Crippen LogP contribution is -1.94. The van der Waals surface area contributed by atoms with E-state index in [-0.39, 0.29) is 41.3 Å². The topological polar surface area (TPSA) is 12.9 Å². The molecule has 0 radical (unpaired) electrons. The lowest BCUT2D eigenvalue weighted by Gasteiger charge is -2.12. The molecule has 0 spiro atoms. The van der Waals surface area contributed by atoms with Crippen LogP contribution in [0.3, 0.4) is 0 Å². The fourth-order valence-electron chi connectivity index (χ4n) is 2.28. The summed E-state index contributed by atoms with van der Waals surface area (Å²) in [6.07, 6.45) is 2.69. The second kappa shape index (κ2) is 7.48. The molecule has 0 bridgehead atoms. The van der Waals surface area contributed by atoms with E-state index in [9.17, 15) is 0 Å². The van der Waals surface area contributed by atoms with Gasteiger partial charge in [0, 0.05) is 34.6 Å². The summed E-state index contributed by atoms with van der Waals surface area (Å²) in [7, 11) is 0. The molecule has 1 aromatic heterocycles. The first kappa shape index (κ1) is 19.0. The monoisotopic (exact) mass is 453 g/mol. The van der Waals surface area contributed by atoms with Gasteiger partial charge in [-0.2, -0.15) is 0 Å². The Bertz CT molecular complexity index is 914. The van der Waals surface area contributed by atoms with Crippen LogP contribution >= 0.6 is 69.6 Å². The number of halogens is 7. The maximum atomic E-state index is 15.2. The highest BCUT2D eigenvalue weighted by Gasteiger charge is 2.18. The van der Waals surface area contributed by atoms with E-state index in [2.05, 4.69) is 4.98 Å². The molecular weight excluding hydrogens is 450 g/mol. The van der Waals surface area contributed by atoms with Gasteiger partial charge in [0.25, 0.3) is 0 Å². The number of rotatable bonds is 2. The number of pyridine rings is 1. The first-order chi connectivity index (χ1) is 11.8.